The summed E-state index contributed by atoms with van der Waals surface area (Å²) in [6.45, 7) is 6.28. The standard InChI is InChI=1S/C12H18BN3O2/c1-12(2,3)18-11(17)16-6-4-5-8(16)10-14-7-9(13)15-10/h7-8H,4-6H2,1-3H3,(H,14,15)/t8-/m0/s1. The summed E-state index contributed by atoms with van der Waals surface area (Å²) in [7, 11) is 5.62. The molecule has 1 aromatic rings. The number of imidazole rings is 1. The number of carbonyl (C=O) groups excluding carboxylic acids is 1. The number of hydrogen-bond acceptors (Lipinski definition) is 3. The molecular formula is C12H18BN3O2. The van der Waals surface area contributed by atoms with Crippen LogP contribution >= 0.6 is 0 Å². The van der Waals surface area contributed by atoms with Crippen LogP contribution in [0.3, 0.4) is 0 Å². The fraction of sp³-hybridized carbons (Fsp3) is 0.667. The van der Waals surface area contributed by atoms with Crippen molar-refractivity contribution in [3.63, 3.8) is 0 Å². The number of hydrogen-bond donors (Lipinski definition) is 1. The molecule has 1 aliphatic heterocycles. The summed E-state index contributed by atoms with van der Waals surface area (Å²) in [4.78, 5) is 21.0. The fourth-order valence-corrected chi connectivity index (χ4v) is 2.11. The molecule has 1 aliphatic rings. The average molecular weight is 247 g/mol. The summed E-state index contributed by atoms with van der Waals surface area (Å²) in [5.41, 5.74) is 0.0351. The Morgan fingerprint density at radius 3 is 2.89 bits per heavy atom. The first kappa shape index (κ1) is 13.0. The van der Waals surface area contributed by atoms with Crippen molar-refractivity contribution < 1.29 is 9.53 Å². The van der Waals surface area contributed by atoms with E-state index in [9.17, 15) is 4.79 Å². The van der Waals surface area contributed by atoms with E-state index in [0.717, 1.165) is 18.7 Å². The molecule has 6 heteroatoms. The number of aromatic amines is 1. The van der Waals surface area contributed by atoms with Gasteiger partial charge in [-0.3, -0.25) is 4.90 Å². The van der Waals surface area contributed by atoms with Crippen molar-refractivity contribution in [3.05, 3.63) is 12.0 Å². The summed E-state index contributed by atoms with van der Waals surface area (Å²) in [5, 5.41) is 0. The van der Waals surface area contributed by atoms with Crippen LogP contribution < -0.4 is 5.59 Å². The third-order valence-electron chi connectivity index (χ3n) is 2.81. The Kier molecular flexibility index (Phi) is 3.37. The maximum Gasteiger partial charge on any atom is 0.410 e. The van der Waals surface area contributed by atoms with Gasteiger partial charge in [-0.05, 0) is 39.2 Å². The van der Waals surface area contributed by atoms with Crippen LogP contribution in [-0.4, -0.2) is 41.0 Å². The van der Waals surface area contributed by atoms with Crippen LogP contribution in [0.4, 0.5) is 4.79 Å². The highest BCUT2D eigenvalue weighted by Gasteiger charge is 2.34. The molecule has 2 heterocycles. The Hall–Kier alpha value is -1.46. The smallest absolute Gasteiger partial charge is 0.410 e. The van der Waals surface area contributed by atoms with E-state index in [1.807, 2.05) is 20.8 Å². The van der Waals surface area contributed by atoms with Gasteiger partial charge in [0.2, 0.25) is 0 Å². The van der Waals surface area contributed by atoms with Crippen molar-refractivity contribution in [1.29, 1.82) is 0 Å². The molecule has 0 unspecified atom stereocenters. The summed E-state index contributed by atoms with van der Waals surface area (Å²) < 4.78 is 5.39. The van der Waals surface area contributed by atoms with E-state index < -0.39 is 5.60 Å². The fourth-order valence-electron chi connectivity index (χ4n) is 2.11. The van der Waals surface area contributed by atoms with Gasteiger partial charge >= 0.3 is 6.09 Å². The molecule has 1 N–H and O–H groups in total. The second-order valence-corrected chi connectivity index (χ2v) is 5.56. The quantitative estimate of drug-likeness (QED) is 0.760. The third-order valence-corrected chi connectivity index (χ3v) is 2.81. The minimum Gasteiger partial charge on any atom is -0.444 e. The Morgan fingerprint density at radius 2 is 2.33 bits per heavy atom. The van der Waals surface area contributed by atoms with Gasteiger partial charge in [0.05, 0.1) is 6.04 Å². The van der Waals surface area contributed by atoms with Gasteiger partial charge in [-0.15, -0.1) is 0 Å². The first-order valence-electron chi connectivity index (χ1n) is 6.17. The highest BCUT2D eigenvalue weighted by Crippen LogP contribution is 2.30. The lowest BCUT2D eigenvalue weighted by Crippen LogP contribution is -2.36. The average Bonchev–Trinajstić information content (AvgIpc) is 2.81. The molecule has 0 bridgehead atoms. The van der Waals surface area contributed by atoms with Gasteiger partial charge in [0.15, 0.2) is 0 Å². The first-order chi connectivity index (χ1) is 8.37. The second-order valence-electron chi connectivity index (χ2n) is 5.56. The van der Waals surface area contributed by atoms with E-state index in [2.05, 4.69) is 9.97 Å². The monoisotopic (exact) mass is 247 g/mol. The zero-order chi connectivity index (χ0) is 13.3. The van der Waals surface area contributed by atoms with Crippen molar-refractivity contribution in [2.75, 3.05) is 6.54 Å². The number of carbonyl (C=O) groups is 1. The maximum absolute atomic E-state index is 12.1. The van der Waals surface area contributed by atoms with E-state index in [4.69, 9.17) is 12.6 Å². The topological polar surface area (TPSA) is 58.2 Å². The van der Waals surface area contributed by atoms with Gasteiger partial charge in [-0.2, -0.15) is 0 Å². The van der Waals surface area contributed by atoms with Crippen LogP contribution in [0.2, 0.25) is 0 Å². The summed E-state index contributed by atoms with van der Waals surface area (Å²) in [6.07, 6.45) is 3.11. The maximum atomic E-state index is 12.1. The summed E-state index contributed by atoms with van der Waals surface area (Å²) in [5.74, 6) is 0.732. The molecule has 0 aromatic carbocycles. The highest BCUT2D eigenvalue weighted by molar-refractivity contribution is 6.30. The van der Waals surface area contributed by atoms with Crippen molar-refractivity contribution in [2.45, 2.75) is 45.3 Å². The molecule has 5 nitrogen and oxygen atoms in total. The van der Waals surface area contributed by atoms with Crippen LogP contribution in [0.25, 0.3) is 0 Å². The number of nitrogens with zero attached hydrogens (tertiary/aromatic N) is 2. The Balaban J connectivity index is 2.10. The lowest BCUT2D eigenvalue weighted by Gasteiger charge is -2.27. The van der Waals surface area contributed by atoms with Gasteiger partial charge in [-0.1, -0.05) is 0 Å². The highest BCUT2D eigenvalue weighted by atomic mass is 16.6. The van der Waals surface area contributed by atoms with Crippen LogP contribution in [0.1, 0.15) is 45.5 Å². The van der Waals surface area contributed by atoms with Crippen molar-refractivity contribution in [2.24, 2.45) is 0 Å². The van der Waals surface area contributed by atoms with E-state index in [1.165, 1.54) is 0 Å². The lowest BCUT2D eigenvalue weighted by atomic mass is 10.1. The molecular weight excluding hydrogens is 229 g/mol. The van der Waals surface area contributed by atoms with E-state index in [1.54, 1.807) is 11.1 Å². The van der Waals surface area contributed by atoms with Crippen molar-refractivity contribution >= 4 is 19.5 Å². The molecule has 1 saturated heterocycles. The second kappa shape index (κ2) is 4.67. The van der Waals surface area contributed by atoms with E-state index >= 15 is 0 Å². The molecule has 2 radical (unpaired) electrons. The Labute approximate surface area is 108 Å². The number of ether oxygens (including phenoxy) is 1. The first-order valence-corrected chi connectivity index (χ1v) is 6.17. The van der Waals surface area contributed by atoms with Crippen molar-refractivity contribution in [1.82, 2.24) is 14.9 Å². The predicted molar refractivity (Wildman–Crippen MR) is 68.9 cm³/mol. The van der Waals surface area contributed by atoms with Gasteiger partial charge in [0.1, 0.15) is 19.3 Å². The zero-order valence-electron chi connectivity index (χ0n) is 11.1. The predicted octanol–water partition coefficient (Wildman–Crippen LogP) is 1.28. The van der Waals surface area contributed by atoms with Gasteiger partial charge in [-0.25, -0.2) is 9.78 Å². The number of likely N-dealkylation sites (tertiary alicyclic amines) is 1. The molecule has 0 saturated carbocycles. The molecule has 1 amide bonds. The lowest BCUT2D eigenvalue weighted by molar-refractivity contribution is 0.0219. The number of aromatic nitrogens is 2. The zero-order valence-corrected chi connectivity index (χ0v) is 11.1. The molecule has 1 atom stereocenters. The SMILES string of the molecule is [B]c1cnc([C@@H]2CCCN2C(=O)OC(C)(C)C)[nH]1. The van der Waals surface area contributed by atoms with E-state index in [-0.39, 0.29) is 12.1 Å². The number of amides is 1. The number of nitrogens with one attached hydrogen (secondary N) is 1. The number of rotatable bonds is 1. The van der Waals surface area contributed by atoms with Crippen LogP contribution in [0, 0.1) is 0 Å². The van der Waals surface area contributed by atoms with Crippen LogP contribution in [-0.2, 0) is 4.74 Å². The van der Waals surface area contributed by atoms with Crippen LogP contribution in [0.5, 0.6) is 0 Å². The Morgan fingerprint density at radius 1 is 1.61 bits per heavy atom. The summed E-state index contributed by atoms with van der Waals surface area (Å²) in [6, 6.07) is -0.0582. The molecule has 18 heavy (non-hydrogen) atoms. The third kappa shape index (κ3) is 2.86. The molecule has 1 aromatic heterocycles. The molecule has 0 aliphatic carbocycles. The largest absolute Gasteiger partial charge is 0.444 e. The van der Waals surface area contributed by atoms with Crippen molar-refractivity contribution in [3.8, 4) is 0 Å². The van der Waals surface area contributed by atoms with Gasteiger partial charge in [0.25, 0.3) is 0 Å². The molecule has 1 fully saturated rings. The van der Waals surface area contributed by atoms with Crippen LogP contribution in [0.15, 0.2) is 6.20 Å². The molecule has 0 spiro atoms. The minimum atomic E-state index is -0.480. The number of H-pyrrole nitrogens is 1. The van der Waals surface area contributed by atoms with Gasteiger partial charge < -0.3 is 9.72 Å². The molecule has 96 valence electrons. The molecule has 2 rings (SSSR count). The Bertz CT molecular complexity index is 439. The minimum absolute atomic E-state index is 0.0582. The summed E-state index contributed by atoms with van der Waals surface area (Å²) >= 11 is 0. The normalized spacial score (nSPS) is 20.2. The van der Waals surface area contributed by atoms with Gasteiger partial charge in [0, 0.05) is 12.7 Å². The van der Waals surface area contributed by atoms with E-state index in [0.29, 0.717) is 12.1 Å².